The van der Waals surface area contributed by atoms with Crippen LogP contribution in [0.4, 0.5) is 14.5 Å². The molecule has 0 spiro atoms. The maximum Gasteiger partial charge on any atom is 0.387 e. The highest BCUT2D eigenvalue weighted by atomic mass is 19.3. The highest BCUT2D eigenvalue weighted by Gasteiger charge is 2.28. The molecule has 1 aromatic carbocycles. The van der Waals surface area contributed by atoms with Gasteiger partial charge < -0.3 is 24.4 Å². The molecule has 0 radical (unpaired) electrons. The molecule has 8 heteroatoms. The van der Waals surface area contributed by atoms with Gasteiger partial charge in [0.05, 0.1) is 5.69 Å². The first-order chi connectivity index (χ1) is 11.6. The molecule has 2 aliphatic heterocycles. The van der Waals surface area contributed by atoms with Gasteiger partial charge in [0, 0.05) is 19.1 Å². The number of rotatable bonds is 5. The van der Waals surface area contributed by atoms with Crippen molar-refractivity contribution in [3.63, 3.8) is 0 Å². The van der Waals surface area contributed by atoms with Gasteiger partial charge in [0.15, 0.2) is 0 Å². The van der Waals surface area contributed by atoms with Gasteiger partial charge in [-0.3, -0.25) is 4.79 Å². The van der Waals surface area contributed by atoms with Gasteiger partial charge in [-0.15, -0.1) is 0 Å². The van der Waals surface area contributed by atoms with Crippen molar-refractivity contribution in [2.75, 3.05) is 31.2 Å². The van der Waals surface area contributed by atoms with Crippen molar-refractivity contribution in [1.82, 2.24) is 5.32 Å². The van der Waals surface area contributed by atoms with Gasteiger partial charge in [-0.1, -0.05) is 12.1 Å². The van der Waals surface area contributed by atoms with Crippen LogP contribution < -0.4 is 15.0 Å². The molecular formula is C16H18F2N2O4. The molecular weight excluding hydrogens is 322 g/mol. The predicted molar refractivity (Wildman–Crippen MR) is 81.8 cm³/mol. The Kier molecular flexibility index (Phi) is 5.02. The van der Waals surface area contributed by atoms with E-state index in [1.807, 2.05) is 4.90 Å². The van der Waals surface area contributed by atoms with Gasteiger partial charge in [-0.05, 0) is 18.6 Å². The molecule has 130 valence electrons. The third kappa shape index (κ3) is 3.87. The van der Waals surface area contributed by atoms with Crippen molar-refractivity contribution in [2.24, 2.45) is 0 Å². The summed E-state index contributed by atoms with van der Waals surface area (Å²) in [6, 6.07) is 6.53. The smallest absolute Gasteiger partial charge is 0.387 e. The van der Waals surface area contributed by atoms with Crippen molar-refractivity contribution in [3.05, 3.63) is 36.3 Å². The molecule has 2 heterocycles. The van der Waals surface area contributed by atoms with Crippen LogP contribution in [-0.4, -0.2) is 44.9 Å². The SMILES string of the molecule is O=C(NC1CCN(c2ccccc2OC(F)F)C1)C1=COCCO1. The number of carbonyl (C=O) groups is 1. The summed E-state index contributed by atoms with van der Waals surface area (Å²) >= 11 is 0. The van der Waals surface area contributed by atoms with E-state index in [-0.39, 0.29) is 23.5 Å². The van der Waals surface area contributed by atoms with Crippen LogP contribution >= 0.6 is 0 Å². The molecule has 1 saturated heterocycles. The number of hydrogen-bond donors (Lipinski definition) is 1. The first kappa shape index (κ1) is 16.4. The minimum Gasteiger partial charge on any atom is -0.494 e. The van der Waals surface area contributed by atoms with Gasteiger partial charge in [-0.25, -0.2) is 0 Å². The number of para-hydroxylation sites is 2. The Morgan fingerprint density at radius 1 is 1.33 bits per heavy atom. The van der Waals surface area contributed by atoms with E-state index >= 15 is 0 Å². The van der Waals surface area contributed by atoms with E-state index in [0.717, 1.165) is 0 Å². The quantitative estimate of drug-likeness (QED) is 0.887. The second kappa shape index (κ2) is 7.37. The lowest BCUT2D eigenvalue weighted by Crippen LogP contribution is -2.39. The van der Waals surface area contributed by atoms with E-state index in [1.165, 1.54) is 12.3 Å². The van der Waals surface area contributed by atoms with Crippen LogP contribution in [0.2, 0.25) is 0 Å². The zero-order valence-electron chi connectivity index (χ0n) is 12.9. The average molecular weight is 340 g/mol. The zero-order valence-corrected chi connectivity index (χ0v) is 12.9. The Balaban J connectivity index is 1.61. The first-order valence-corrected chi connectivity index (χ1v) is 7.67. The molecule has 1 amide bonds. The van der Waals surface area contributed by atoms with E-state index < -0.39 is 6.61 Å². The second-order valence-electron chi connectivity index (χ2n) is 5.45. The Labute approximate surface area is 138 Å². The molecule has 1 atom stereocenters. The highest BCUT2D eigenvalue weighted by Crippen LogP contribution is 2.31. The number of anilines is 1. The van der Waals surface area contributed by atoms with Crippen molar-refractivity contribution in [2.45, 2.75) is 19.1 Å². The largest absolute Gasteiger partial charge is 0.494 e. The lowest BCUT2D eigenvalue weighted by atomic mass is 10.2. The molecule has 0 bridgehead atoms. The molecule has 3 rings (SSSR count). The molecule has 24 heavy (non-hydrogen) atoms. The molecule has 2 aliphatic rings. The standard InChI is InChI=1S/C16H18F2N2O4/c17-16(18)24-13-4-2-1-3-12(13)20-6-5-11(9-20)19-15(21)14-10-22-7-8-23-14/h1-4,10-11,16H,5-9H2,(H,19,21). The molecule has 0 saturated carbocycles. The third-order valence-electron chi connectivity index (χ3n) is 3.82. The Bertz CT molecular complexity index is 624. The Hall–Kier alpha value is -2.51. The maximum atomic E-state index is 12.5. The van der Waals surface area contributed by atoms with E-state index in [4.69, 9.17) is 9.47 Å². The third-order valence-corrected chi connectivity index (χ3v) is 3.82. The normalized spacial score (nSPS) is 20.2. The molecule has 1 fully saturated rings. The van der Waals surface area contributed by atoms with Crippen LogP contribution in [0.5, 0.6) is 5.75 Å². The summed E-state index contributed by atoms with van der Waals surface area (Å²) in [5.41, 5.74) is 0.589. The summed E-state index contributed by atoms with van der Waals surface area (Å²) in [5, 5.41) is 2.87. The Morgan fingerprint density at radius 3 is 2.92 bits per heavy atom. The molecule has 0 aliphatic carbocycles. The minimum atomic E-state index is -2.88. The first-order valence-electron chi connectivity index (χ1n) is 7.67. The number of hydrogen-bond acceptors (Lipinski definition) is 5. The number of alkyl halides is 2. The topological polar surface area (TPSA) is 60.0 Å². The van der Waals surface area contributed by atoms with Crippen molar-refractivity contribution in [1.29, 1.82) is 0 Å². The number of ether oxygens (including phenoxy) is 3. The Morgan fingerprint density at radius 2 is 2.17 bits per heavy atom. The number of amides is 1. The number of nitrogens with one attached hydrogen (secondary N) is 1. The summed E-state index contributed by atoms with van der Waals surface area (Å²) in [5.74, 6) is -0.0500. The average Bonchev–Trinajstić information content (AvgIpc) is 3.04. The summed E-state index contributed by atoms with van der Waals surface area (Å²) < 4.78 is 39.9. The number of benzene rings is 1. The number of carbonyl (C=O) groups excluding carboxylic acids is 1. The van der Waals surface area contributed by atoms with Crippen molar-refractivity contribution < 1.29 is 27.8 Å². The summed E-state index contributed by atoms with van der Waals surface area (Å²) in [4.78, 5) is 14.0. The fourth-order valence-corrected chi connectivity index (χ4v) is 2.75. The maximum absolute atomic E-state index is 12.5. The van der Waals surface area contributed by atoms with Crippen molar-refractivity contribution >= 4 is 11.6 Å². The van der Waals surface area contributed by atoms with Gasteiger partial charge >= 0.3 is 6.61 Å². The van der Waals surface area contributed by atoms with Crippen LogP contribution in [0.15, 0.2) is 36.3 Å². The molecule has 1 N–H and O–H groups in total. The van der Waals surface area contributed by atoms with Gasteiger partial charge in [0.1, 0.15) is 25.2 Å². The van der Waals surface area contributed by atoms with Crippen LogP contribution in [-0.2, 0) is 14.3 Å². The monoisotopic (exact) mass is 340 g/mol. The number of nitrogens with zero attached hydrogens (tertiary/aromatic N) is 1. The lowest BCUT2D eigenvalue weighted by Gasteiger charge is -2.22. The molecule has 6 nitrogen and oxygen atoms in total. The van der Waals surface area contributed by atoms with Gasteiger partial charge in [0.2, 0.25) is 5.76 Å². The second-order valence-corrected chi connectivity index (χ2v) is 5.45. The zero-order chi connectivity index (χ0) is 16.9. The fraction of sp³-hybridized carbons (Fsp3) is 0.438. The van der Waals surface area contributed by atoms with Crippen LogP contribution in [0.3, 0.4) is 0 Å². The molecule has 1 unspecified atom stereocenters. The van der Waals surface area contributed by atoms with Crippen LogP contribution in [0.1, 0.15) is 6.42 Å². The van der Waals surface area contributed by atoms with Crippen molar-refractivity contribution in [3.8, 4) is 5.75 Å². The minimum absolute atomic E-state index is 0.108. The fourth-order valence-electron chi connectivity index (χ4n) is 2.75. The van der Waals surface area contributed by atoms with E-state index in [2.05, 4.69) is 10.1 Å². The summed E-state index contributed by atoms with van der Waals surface area (Å²) in [6.07, 6.45) is 2.00. The number of halogens is 2. The summed E-state index contributed by atoms with van der Waals surface area (Å²) in [7, 11) is 0. The summed E-state index contributed by atoms with van der Waals surface area (Å²) in [6.45, 7) is -0.975. The van der Waals surface area contributed by atoms with Crippen LogP contribution in [0.25, 0.3) is 0 Å². The molecule has 0 aromatic heterocycles. The predicted octanol–water partition coefficient (Wildman–Crippen LogP) is 1.87. The van der Waals surface area contributed by atoms with E-state index in [9.17, 15) is 13.6 Å². The highest BCUT2D eigenvalue weighted by molar-refractivity contribution is 5.91. The van der Waals surface area contributed by atoms with Crippen LogP contribution in [0, 0.1) is 0 Å². The van der Waals surface area contributed by atoms with Gasteiger partial charge in [0.25, 0.3) is 5.91 Å². The molecule has 1 aromatic rings. The van der Waals surface area contributed by atoms with Gasteiger partial charge in [-0.2, -0.15) is 8.78 Å². The van der Waals surface area contributed by atoms with E-state index in [0.29, 0.717) is 38.4 Å². The van der Waals surface area contributed by atoms with E-state index in [1.54, 1.807) is 18.2 Å². The lowest BCUT2D eigenvalue weighted by molar-refractivity contribution is -0.122.